The molecule has 0 saturated carbocycles. The zero-order valence-corrected chi connectivity index (χ0v) is 26.9. The molecular formula is C41H18NO6P. The normalized spacial score (nSPS) is 7.00. The highest BCUT2D eigenvalue weighted by Crippen LogP contribution is 2.14. The van der Waals surface area contributed by atoms with Crippen molar-refractivity contribution in [2.24, 2.45) is 5.73 Å². The smallest absolute Gasteiger partial charge is 0.385 e. The third-order valence-corrected chi connectivity index (χ3v) is 4.09. The van der Waals surface area contributed by atoms with Gasteiger partial charge in [-0.25, -0.2) is 9.59 Å². The van der Waals surface area contributed by atoms with Crippen LogP contribution in [0.15, 0.2) is 0 Å². The maximum Gasteiger partial charge on any atom is 0.385 e. The summed E-state index contributed by atoms with van der Waals surface area (Å²) in [4.78, 5) is 24.0. The molecule has 0 amide bonds. The van der Waals surface area contributed by atoms with Crippen LogP contribution < -0.4 is 5.73 Å². The van der Waals surface area contributed by atoms with E-state index in [9.17, 15) is 9.59 Å². The van der Waals surface area contributed by atoms with Gasteiger partial charge in [0.05, 0.1) is 13.2 Å². The van der Waals surface area contributed by atoms with E-state index in [0.29, 0.717) is 6.54 Å². The molecule has 2 unspecified atom stereocenters. The van der Waals surface area contributed by atoms with Crippen LogP contribution in [-0.4, -0.2) is 44.4 Å². The number of nitrogens with two attached hydrogens (primary N) is 1. The lowest BCUT2D eigenvalue weighted by Crippen LogP contribution is -2.28. The van der Waals surface area contributed by atoms with E-state index in [1.807, 2.05) is 0 Å². The molecule has 8 heteroatoms. The van der Waals surface area contributed by atoms with Gasteiger partial charge in [0.1, 0.15) is 6.61 Å². The van der Waals surface area contributed by atoms with Crippen LogP contribution >= 0.6 is 9.03 Å². The molecule has 0 aromatic carbocycles. The Morgan fingerprint density at radius 3 is 1.20 bits per heavy atom. The first-order valence-corrected chi connectivity index (χ1v) is 13.9. The maximum atomic E-state index is 12.1. The third kappa shape index (κ3) is 33.0. The lowest BCUT2D eigenvalue weighted by molar-refractivity contribution is -0.153. The molecule has 0 bridgehead atoms. The Morgan fingerprint density at radius 1 is 0.490 bits per heavy atom. The maximum absolute atomic E-state index is 12.1. The molecule has 2 N–H and O–H groups in total. The van der Waals surface area contributed by atoms with Crippen molar-refractivity contribution < 1.29 is 28.1 Å². The Hall–Kier alpha value is -7.79. The lowest BCUT2D eigenvalue weighted by atomic mass is 10.4. The van der Waals surface area contributed by atoms with Crippen LogP contribution in [0.4, 0.5) is 0 Å². The van der Waals surface area contributed by atoms with Crippen molar-refractivity contribution in [1.82, 2.24) is 0 Å². The molecule has 7 nitrogen and oxygen atoms in total. The lowest BCUT2D eigenvalue weighted by Gasteiger charge is -2.15. The van der Waals surface area contributed by atoms with Crippen molar-refractivity contribution in [3.05, 3.63) is 0 Å². The summed E-state index contributed by atoms with van der Waals surface area (Å²) in [6.07, 6.45) is -1.03. The van der Waals surface area contributed by atoms with Crippen molar-refractivity contribution >= 4 is 21.0 Å². The Balaban J connectivity index is 5.02. The highest BCUT2D eigenvalue weighted by atomic mass is 31.1. The molecule has 0 aromatic rings. The third-order valence-electron chi connectivity index (χ3n) is 3.49. The first kappa shape index (κ1) is 41.2. The van der Waals surface area contributed by atoms with Gasteiger partial charge in [-0.2, -0.15) is 0 Å². The molecule has 0 aliphatic heterocycles. The SMILES string of the molecule is CC#CC#CC#CC#CC#CC#CC#CC#CC(=O)OCC(COPOCCN)OC(=O)C#CC#CC#CC#CC#CC#CC#CC#CC. The highest BCUT2D eigenvalue weighted by molar-refractivity contribution is 7.26. The second kappa shape index (κ2) is 34.7. The van der Waals surface area contributed by atoms with Crippen LogP contribution in [0.25, 0.3) is 0 Å². The van der Waals surface area contributed by atoms with Gasteiger partial charge < -0.3 is 24.3 Å². The Bertz CT molecular complexity index is 2290. The fourth-order valence-corrected chi connectivity index (χ4v) is 2.35. The molecule has 0 spiro atoms. The van der Waals surface area contributed by atoms with Crippen molar-refractivity contribution in [1.29, 1.82) is 0 Å². The van der Waals surface area contributed by atoms with Gasteiger partial charge in [0.2, 0.25) is 0 Å². The van der Waals surface area contributed by atoms with Gasteiger partial charge in [0.25, 0.3) is 0 Å². The van der Waals surface area contributed by atoms with Gasteiger partial charge in [-0.05, 0) is 180 Å². The number of esters is 2. The second-order valence-corrected chi connectivity index (χ2v) is 7.65. The zero-order chi connectivity index (χ0) is 35.7. The summed E-state index contributed by atoms with van der Waals surface area (Å²) in [6.45, 7) is 3.35. The van der Waals surface area contributed by atoms with Gasteiger partial charge in [0.15, 0.2) is 15.1 Å². The van der Waals surface area contributed by atoms with E-state index in [1.54, 1.807) is 13.8 Å². The molecule has 228 valence electrons. The van der Waals surface area contributed by atoms with Gasteiger partial charge >= 0.3 is 11.9 Å². The van der Waals surface area contributed by atoms with E-state index >= 15 is 0 Å². The highest BCUT2D eigenvalue weighted by Gasteiger charge is 2.16. The summed E-state index contributed by atoms with van der Waals surface area (Å²) in [5.74, 6) is 76.1. The number of rotatable bonds is 9. The van der Waals surface area contributed by atoms with Gasteiger partial charge in [0, 0.05) is 18.4 Å². The molecule has 0 radical (unpaired) electrons. The fraction of sp³-hybridized carbons (Fsp3) is 0.171. The monoisotopic (exact) mass is 651 g/mol. The number of carbonyl (C=O) groups is 2. The Labute approximate surface area is 290 Å². The zero-order valence-electron chi connectivity index (χ0n) is 25.9. The topological polar surface area (TPSA) is 97.1 Å². The Morgan fingerprint density at radius 2 is 0.837 bits per heavy atom. The van der Waals surface area contributed by atoms with Gasteiger partial charge in [-0.15, -0.1) is 0 Å². The van der Waals surface area contributed by atoms with Crippen LogP contribution in [-0.2, 0) is 28.1 Å². The average Bonchev–Trinajstić information content (AvgIpc) is 3.10. The van der Waals surface area contributed by atoms with E-state index in [2.05, 4.69) is 189 Å². The predicted octanol–water partition coefficient (Wildman–Crippen LogP) is 0.0360. The first-order chi connectivity index (χ1) is 24.1. The summed E-state index contributed by atoms with van der Waals surface area (Å²) >= 11 is 0. The van der Waals surface area contributed by atoms with E-state index in [4.69, 9.17) is 24.3 Å². The summed E-state index contributed by atoms with van der Waals surface area (Å²) in [5.41, 5.74) is 5.35. The van der Waals surface area contributed by atoms with E-state index < -0.39 is 18.0 Å². The largest absolute Gasteiger partial charge is 0.452 e. The van der Waals surface area contributed by atoms with Crippen LogP contribution in [0.1, 0.15) is 13.8 Å². The summed E-state index contributed by atoms with van der Waals surface area (Å²) in [6, 6.07) is 0. The van der Waals surface area contributed by atoms with Crippen molar-refractivity contribution in [2.45, 2.75) is 20.0 Å². The molecule has 0 heterocycles. The molecular weight excluding hydrogens is 633 g/mol. The average molecular weight is 652 g/mol. The van der Waals surface area contributed by atoms with Gasteiger partial charge in [-0.3, -0.25) is 0 Å². The second-order valence-electron chi connectivity index (χ2n) is 6.91. The quantitative estimate of drug-likeness (QED) is 0.124. The number of hydrogen-bond acceptors (Lipinski definition) is 7. The fourth-order valence-electron chi connectivity index (χ4n) is 1.81. The van der Waals surface area contributed by atoms with Crippen LogP contribution in [0.3, 0.4) is 0 Å². The molecule has 0 rings (SSSR count). The number of hydrogen-bond donors (Lipinski definition) is 1. The van der Waals surface area contributed by atoms with Crippen molar-refractivity contribution in [3.8, 4) is 189 Å². The van der Waals surface area contributed by atoms with E-state index in [0.717, 1.165) is 0 Å². The summed E-state index contributed by atoms with van der Waals surface area (Å²) < 4.78 is 20.6. The molecule has 0 fully saturated rings. The minimum absolute atomic E-state index is 0.169. The minimum atomic E-state index is -1.03. The van der Waals surface area contributed by atoms with Crippen LogP contribution in [0, 0.1) is 189 Å². The van der Waals surface area contributed by atoms with Crippen LogP contribution in [0.2, 0.25) is 0 Å². The number of ether oxygens (including phenoxy) is 2. The molecule has 49 heavy (non-hydrogen) atoms. The van der Waals surface area contributed by atoms with Crippen LogP contribution in [0.5, 0.6) is 0 Å². The minimum Gasteiger partial charge on any atom is -0.452 e. The van der Waals surface area contributed by atoms with E-state index in [1.165, 1.54) is 0 Å². The van der Waals surface area contributed by atoms with Crippen molar-refractivity contribution in [2.75, 3.05) is 26.4 Å². The molecule has 0 aliphatic rings. The van der Waals surface area contributed by atoms with Gasteiger partial charge in [-0.1, -0.05) is 11.8 Å². The standard InChI is InChI=1S/C41H18NO6P/c1-3-5-7-9-11-13-15-17-19-21-23-25-27-29-31-33-40(43)45-37-39(38-47-49-46-36-35-42)48-41(44)34-32-30-28-26-24-22-20-18-16-14-12-10-8-6-4-2/h39,49H,35-38,42H2,1-2H3. The van der Waals surface area contributed by atoms with Crippen molar-refractivity contribution in [3.63, 3.8) is 0 Å². The van der Waals surface area contributed by atoms with E-state index in [-0.39, 0.29) is 28.9 Å². The molecule has 0 aromatic heterocycles. The molecule has 0 aliphatic carbocycles. The summed E-state index contributed by atoms with van der Waals surface area (Å²) in [7, 11) is -0.386. The first-order valence-electron chi connectivity index (χ1n) is 13.1. The molecule has 0 saturated heterocycles. The molecule has 2 atom stereocenters. The predicted molar refractivity (Wildman–Crippen MR) is 186 cm³/mol. The number of carbonyl (C=O) groups excluding carboxylic acids is 2. The Kier molecular flexibility index (Phi) is 29.2. The summed E-state index contributed by atoms with van der Waals surface area (Å²) in [5, 5.41) is 0.